The molecule has 2 rings (SSSR count). The molecule has 1 atom stereocenters. The zero-order chi connectivity index (χ0) is 14.0. The number of benzene rings is 2. The number of hydrogen-bond acceptors (Lipinski definition) is 1. The quantitative estimate of drug-likeness (QED) is 0.840. The molecule has 0 spiro atoms. The van der Waals surface area contributed by atoms with Gasteiger partial charge in [-0.15, -0.1) is 0 Å². The molecule has 0 aliphatic rings. The highest BCUT2D eigenvalue weighted by Crippen LogP contribution is 2.23. The van der Waals surface area contributed by atoms with E-state index in [-0.39, 0.29) is 6.04 Å². The molecule has 0 saturated carbocycles. The summed E-state index contributed by atoms with van der Waals surface area (Å²) in [5, 5.41) is 3.19. The molecule has 2 aromatic rings. The highest BCUT2D eigenvalue weighted by atomic mass is 19.1. The van der Waals surface area contributed by atoms with Crippen LogP contribution >= 0.6 is 0 Å². The SMILES string of the molecule is Cc1ccc(NC(C)c2cc(F)ccc2F)cc1C. The van der Waals surface area contributed by atoms with Crippen molar-refractivity contribution >= 4 is 5.69 Å². The van der Waals surface area contributed by atoms with Gasteiger partial charge in [-0.2, -0.15) is 0 Å². The fourth-order valence-electron chi connectivity index (χ4n) is 2.01. The van der Waals surface area contributed by atoms with E-state index >= 15 is 0 Å². The summed E-state index contributed by atoms with van der Waals surface area (Å²) in [5.41, 5.74) is 3.60. The van der Waals surface area contributed by atoms with Crippen molar-refractivity contribution in [3.8, 4) is 0 Å². The van der Waals surface area contributed by atoms with Crippen LogP contribution < -0.4 is 5.32 Å². The lowest BCUT2D eigenvalue weighted by molar-refractivity contribution is 0.577. The third kappa shape index (κ3) is 3.11. The van der Waals surface area contributed by atoms with Gasteiger partial charge in [0.2, 0.25) is 0 Å². The van der Waals surface area contributed by atoms with Gasteiger partial charge in [0.25, 0.3) is 0 Å². The first-order valence-electron chi connectivity index (χ1n) is 6.26. The molecule has 0 fully saturated rings. The fourth-order valence-corrected chi connectivity index (χ4v) is 2.01. The molecule has 0 aromatic heterocycles. The molecule has 1 nitrogen and oxygen atoms in total. The molecule has 0 saturated heterocycles. The van der Waals surface area contributed by atoms with Gasteiger partial charge in [0, 0.05) is 11.3 Å². The van der Waals surface area contributed by atoms with E-state index in [4.69, 9.17) is 0 Å². The lowest BCUT2D eigenvalue weighted by atomic mass is 10.1. The molecule has 1 N–H and O–H groups in total. The summed E-state index contributed by atoms with van der Waals surface area (Å²) >= 11 is 0. The summed E-state index contributed by atoms with van der Waals surface area (Å²) in [6.07, 6.45) is 0. The second-order valence-electron chi connectivity index (χ2n) is 4.83. The van der Waals surface area contributed by atoms with Crippen LogP contribution in [0.4, 0.5) is 14.5 Å². The third-order valence-electron chi connectivity index (χ3n) is 3.31. The first-order chi connectivity index (χ1) is 8.97. The second-order valence-corrected chi connectivity index (χ2v) is 4.83. The van der Waals surface area contributed by atoms with Crippen molar-refractivity contribution in [2.24, 2.45) is 0 Å². The third-order valence-corrected chi connectivity index (χ3v) is 3.31. The topological polar surface area (TPSA) is 12.0 Å². The van der Waals surface area contributed by atoms with Gasteiger partial charge >= 0.3 is 0 Å². The first kappa shape index (κ1) is 13.5. The van der Waals surface area contributed by atoms with Crippen LogP contribution in [0.1, 0.15) is 29.7 Å². The Morgan fingerprint density at radius 1 is 0.947 bits per heavy atom. The van der Waals surface area contributed by atoms with Crippen LogP contribution in [0.15, 0.2) is 36.4 Å². The van der Waals surface area contributed by atoms with E-state index in [0.717, 1.165) is 23.4 Å². The minimum atomic E-state index is -0.426. The second kappa shape index (κ2) is 5.39. The Bertz CT molecular complexity index is 593. The smallest absolute Gasteiger partial charge is 0.128 e. The molecule has 3 heteroatoms. The van der Waals surface area contributed by atoms with Crippen molar-refractivity contribution in [1.29, 1.82) is 0 Å². The molecule has 0 aliphatic carbocycles. The Hall–Kier alpha value is -1.90. The molecule has 19 heavy (non-hydrogen) atoms. The molecule has 0 amide bonds. The molecule has 0 bridgehead atoms. The average molecular weight is 261 g/mol. The zero-order valence-electron chi connectivity index (χ0n) is 11.3. The molecule has 0 heterocycles. The van der Waals surface area contributed by atoms with E-state index in [1.54, 1.807) is 0 Å². The van der Waals surface area contributed by atoms with Gasteiger partial charge in [-0.1, -0.05) is 6.07 Å². The van der Waals surface area contributed by atoms with E-state index in [1.807, 2.05) is 39.0 Å². The van der Waals surface area contributed by atoms with Crippen molar-refractivity contribution in [1.82, 2.24) is 0 Å². The Morgan fingerprint density at radius 3 is 2.37 bits per heavy atom. The van der Waals surface area contributed by atoms with Crippen LogP contribution in [0.5, 0.6) is 0 Å². The van der Waals surface area contributed by atoms with Gasteiger partial charge in [-0.3, -0.25) is 0 Å². The van der Waals surface area contributed by atoms with Gasteiger partial charge in [-0.25, -0.2) is 8.78 Å². The van der Waals surface area contributed by atoms with Crippen LogP contribution in [0.2, 0.25) is 0 Å². The summed E-state index contributed by atoms with van der Waals surface area (Å²) < 4.78 is 26.8. The summed E-state index contributed by atoms with van der Waals surface area (Å²) in [4.78, 5) is 0. The summed E-state index contributed by atoms with van der Waals surface area (Å²) in [5.74, 6) is -0.824. The molecule has 2 aromatic carbocycles. The molecule has 1 unspecified atom stereocenters. The minimum absolute atomic E-state index is 0.294. The maximum atomic E-state index is 13.7. The van der Waals surface area contributed by atoms with E-state index in [2.05, 4.69) is 5.32 Å². The highest BCUT2D eigenvalue weighted by molar-refractivity contribution is 5.49. The van der Waals surface area contributed by atoms with Crippen molar-refractivity contribution in [3.63, 3.8) is 0 Å². The molecule has 0 radical (unpaired) electrons. The number of nitrogens with one attached hydrogen (secondary N) is 1. The Kier molecular flexibility index (Phi) is 3.84. The average Bonchev–Trinajstić information content (AvgIpc) is 2.36. The zero-order valence-corrected chi connectivity index (χ0v) is 11.3. The van der Waals surface area contributed by atoms with Crippen LogP contribution in [0, 0.1) is 25.5 Å². The van der Waals surface area contributed by atoms with Gasteiger partial charge in [0.1, 0.15) is 11.6 Å². The summed E-state index contributed by atoms with van der Waals surface area (Å²) in [6, 6.07) is 9.17. The molecule has 0 aliphatic heterocycles. The minimum Gasteiger partial charge on any atom is -0.378 e. The standard InChI is InChI=1S/C16H17F2N/c1-10-4-6-14(8-11(10)2)19-12(3)15-9-13(17)5-7-16(15)18/h4-9,12,19H,1-3H3. The Balaban J connectivity index is 2.22. The number of aryl methyl sites for hydroxylation is 2. The van der Waals surface area contributed by atoms with Crippen LogP contribution in [0.3, 0.4) is 0 Å². The van der Waals surface area contributed by atoms with Crippen molar-refractivity contribution in [2.45, 2.75) is 26.8 Å². The van der Waals surface area contributed by atoms with E-state index in [0.29, 0.717) is 5.56 Å². The maximum absolute atomic E-state index is 13.7. The van der Waals surface area contributed by atoms with E-state index < -0.39 is 11.6 Å². The predicted molar refractivity (Wildman–Crippen MR) is 74.3 cm³/mol. The lowest BCUT2D eigenvalue weighted by Gasteiger charge is -2.17. The predicted octanol–water partition coefficient (Wildman–Crippen LogP) is 4.75. The normalized spacial score (nSPS) is 12.3. The van der Waals surface area contributed by atoms with E-state index in [9.17, 15) is 8.78 Å². The Labute approximate surface area is 112 Å². The summed E-state index contributed by atoms with van der Waals surface area (Å²) in [7, 11) is 0. The molecular weight excluding hydrogens is 244 g/mol. The van der Waals surface area contributed by atoms with Crippen molar-refractivity contribution < 1.29 is 8.78 Å². The lowest BCUT2D eigenvalue weighted by Crippen LogP contribution is -2.09. The van der Waals surface area contributed by atoms with Crippen LogP contribution in [0.25, 0.3) is 0 Å². The van der Waals surface area contributed by atoms with Gasteiger partial charge in [0.15, 0.2) is 0 Å². The maximum Gasteiger partial charge on any atom is 0.128 e. The van der Waals surface area contributed by atoms with Gasteiger partial charge < -0.3 is 5.32 Å². The van der Waals surface area contributed by atoms with Gasteiger partial charge in [0.05, 0.1) is 6.04 Å². The Morgan fingerprint density at radius 2 is 1.68 bits per heavy atom. The number of anilines is 1. The fraction of sp³-hybridized carbons (Fsp3) is 0.250. The number of hydrogen-bond donors (Lipinski definition) is 1. The van der Waals surface area contributed by atoms with Crippen LogP contribution in [-0.2, 0) is 0 Å². The van der Waals surface area contributed by atoms with Crippen molar-refractivity contribution in [3.05, 3.63) is 64.7 Å². The van der Waals surface area contributed by atoms with Crippen molar-refractivity contribution in [2.75, 3.05) is 5.32 Å². The van der Waals surface area contributed by atoms with Gasteiger partial charge in [-0.05, 0) is 62.2 Å². The largest absolute Gasteiger partial charge is 0.378 e. The number of halogens is 2. The number of rotatable bonds is 3. The summed E-state index contributed by atoms with van der Waals surface area (Å²) in [6.45, 7) is 5.87. The molecule has 100 valence electrons. The first-order valence-corrected chi connectivity index (χ1v) is 6.26. The van der Waals surface area contributed by atoms with Crippen LogP contribution in [-0.4, -0.2) is 0 Å². The monoisotopic (exact) mass is 261 g/mol. The highest BCUT2D eigenvalue weighted by Gasteiger charge is 2.12. The van der Waals surface area contributed by atoms with E-state index in [1.165, 1.54) is 11.6 Å². The molecular formula is C16H17F2N.